The predicted octanol–water partition coefficient (Wildman–Crippen LogP) is 5.99. The molecule has 0 bridgehead atoms. The van der Waals surface area contributed by atoms with Gasteiger partial charge in [0.1, 0.15) is 22.7 Å². The molecule has 0 aliphatic carbocycles. The summed E-state index contributed by atoms with van der Waals surface area (Å²) < 4.78 is 48.4. The summed E-state index contributed by atoms with van der Waals surface area (Å²) in [7, 11) is 0. The third-order valence-electron chi connectivity index (χ3n) is 5.02. The Balaban J connectivity index is 2.20. The van der Waals surface area contributed by atoms with Crippen LogP contribution in [0.15, 0.2) is 48.2 Å². The van der Waals surface area contributed by atoms with Crippen molar-refractivity contribution >= 4 is 11.4 Å². The van der Waals surface area contributed by atoms with Gasteiger partial charge >= 0.3 is 6.36 Å². The SMILES string of the molecule is Cc1ccc(-c2ccccc2OC(F)(F)F)cc1C1=C(O)C(C)(C)OC(C)(C)C1=O. The second kappa shape index (κ2) is 7.16. The number of benzene rings is 2. The van der Waals surface area contributed by atoms with Gasteiger partial charge in [-0.25, -0.2) is 0 Å². The van der Waals surface area contributed by atoms with Gasteiger partial charge in [-0.3, -0.25) is 4.79 Å². The molecule has 0 saturated carbocycles. The van der Waals surface area contributed by atoms with Crippen LogP contribution in [-0.2, 0) is 9.53 Å². The molecular formula is C23H23F3O4. The maximum atomic E-state index is 13.1. The van der Waals surface area contributed by atoms with Gasteiger partial charge in [0.05, 0.1) is 5.57 Å². The van der Waals surface area contributed by atoms with Gasteiger partial charge < -0.3 is 14.6 Å². The summed E-state index contributed by atoms with van der Waals surface area (Å²) in [6.45, 7) is 8.31. The summed E-state index contributed by atoms with van der Waals surface area (Å²) in [6.07, 6.45) is -4.84. The molecule has 0 fully saturated rings. The number of Topliss-reactive ketones (excluding diaryl/α,β-unsaturated/α-hetero) is 1. The van der Waals surface area contributed by atoms with E-state index in [1.807, 2.05) is 0 Å². The largest absolute Gasteiger partial charge is 0.573 e. The molecule has 2 aromatic carbocycles. The van der Waals surface area contributed by atoms with Crippen LogP contribution in [0.3, 0.4) is 0 Å². The molecule has 0 radical (unpaired) electrons. The number of para-hydroxylation sites is 1. The van der Waals surface area contributed by atoms with Gasteiger partial charge in [-0.1, -0.05) is 30.3 Å². The minimum Gasteiger partial charge on any atom is -0.508 e. The second-order valence-corrected chi connectivity index (χ2v) is 8.25. The first kappa shape index (κ1) is 21.9. The van der Waals surface area contributed by atoms with Crippen molar-refractivity contribution in [1.82, 2.24) is 0 Å². The first-order chi connectivity index (χ1) is 13.7. The lowest BCUT2D eigenvalue weighted by Crippen LogP contribution is -2.49. The van der Waals surface area contributed by atoms with Crippen molar-refractivity contribution in [2.75, 3.05) is 0 Å². The van der Waals surface area contributed by atoms with Crippen LogP contribution in [0.25, 0.3) is 16.7 Å². The van der Waals surface area contributed by atoms with Gasteiger partial charge in [-0.05, 0) is 63.4 Å². The Labute approximate surface area is 172 Å². The normalized spacial score (nSPS) is 18.5. The van der Waals surface area contributed by atoms with Crippen molar-refractivity contribution in [3.8, 4) is 16.9 Å². The van der Waals surface area contributed by atoms with Crippen LogP contribution in [-0.4, -0.2) is 28.5 Å². The van der Waals surface area contributed by atoms with E-state index < -0.39 is 23.3 Å². The van der Waals surface area contributed by atoms with Gasteiger partial charge in [0.2, 0.25) is 0 Å². The number of hydrogen-bond acceptors (Lipinski definition) is 4. The van der Waals surface area contributed by atoms with E-state index in [0.29, 0.717) is 16.7 Å². The van der Waals surface area contributed by atoms with E-state index in [9.17, 15) is 23.1 Å². The molecule has 1 aliphatic heterocycles. The number of ketones is 1. The summed E-state index contributed by atoms with van der Waals surface area (Å²) in [5.74, 6) is -0.969. The Bertz CT molecular complexity index is 1030. The van der Waals surface area contributed by atoms with E-state index in [0.717, 1.165) is 0 Å². The van der Waals surface area contributed by atoms with E-state index in [1.165, 1.54) is 18.2 Å². The zero-order valence-electron chi connectivity index (χ0n) is 17.3. The molecule has 7 heteroatoms. The van der Waals surface area contributed by atoms with Crippen molar-refractivity contribution in [1.29, 1.82) is 0 Å². The molecule has 2 aromatic rings. The molecule has 30 heavy (non-hydrogen) atoms. The lowest BCUT2D eigenvalue weighted by Gasteiger charge is -2.40. The Morgan fingerprint density at radius 3 is 2.23 bits per heavy atom. The summed E-state index contributed by atoms with van der Waals surface area (Å²) in [6, 6.07) is 10.7. The molecule has 0 unspecified atom stereocenters. The number of aliphatic hydroxyl groups is 1. The van der Waals surface area contributed by atoms with Crippen LogP contribution in [0.1, 0.15) is 38.8 Å². The van der Waals surface area contributed by atoms with E-state index in [-0.39, 0.29) is 22.6 Å². The zero-order chi connectivity index (χ0) is 22.5. The van der Waals surface area contributed by atoms with Crippen LogP contribution in [0.5, 0.6) is 5.75 Å². The van der Waals surface area contributed by atoms with Crippen molar-refractivity contribution in [2.45, 2.75) is 52.2 Å². The first-order valence-corrected chi connectivity index (χ1v) is 9.38. The van der Waals surface area contributed by atoms with Gasteiger partial charge in [0.15, 0.2) is 5.78 Å². The number of carbonyl (C=O) groups is 1. The molecule has 3 rings (SSSR count). The van der Waals surface area contributed by atoms with E-state index >= 15 is 0 Å². The lowest BCUT2D eigenvalue weighted by atomic mass is 9.81. The minimum absolute atomic E-state index is 0.102. The van der Waals surface area contributed by atoms with Crippen LogP contribution >= 0.6 is 0 Å². The maximum absolute atomic E-state index is 13.1. The molecule has 0 spiro atoms. The number of aliphatic hydroxyl groups excluding tert-OH is 1. The van der Waals surface area contributed by atoms with Crippen molar-refractivity contribution < 1.29 is 32.5 Å². The van der Waals surface area contributed by atoms with Gasteiger partial charge in [0, 0.05) is 5.56 Å². The third-order valence-corrected chi connectivity index (χ3v) is 5.02. The van der Waals surface area contributed by atoms with E-state index in [1.54, 1.807) is 58.9 Å². The standard InChI is InChI=1S/C23H23F3O4/c1-13-10-11-14(15-8-6-7-9-17(15)29-23(24,25)26)12-16(13)18-19(27)21(2,3)30-22(4,5)20(18)28/h6-12,27H,1-5H3. The Morgan fingerprint density at radius 1 is 0.967 bits per heavy atom. The molecule has 160 valence electrons. The topological polar surface area (TPSA) is 55.8 Å². The van der Waals surface area contributed by atoms with Crippen LogP contribution < -0.4 is 4.74 Å². The number of halogens is 3. The van der Waals surface area contributed by atoms with Crippen molar-refractivity contribution in [2.24, 2.45) is 0 Å². The minimum atomic E-state index is -4.84. The van der Waals surface area contributed by atoms with Gasteiger partial charge in [0.25, 0.3) is 0 Å². The van der Waals surface area contributed by atoms with Gasteiger partial charge in [-0.15, -0.1) is 13.2 Å². The van der Waals surface area contributed by atoms with Crippen LogP contribution in [0, 0.1) is 6.92 Å². The molecular weight excluding hydrogens is 397 g/mol. The molecule has 1 heterocycles. The highest BCUT2D eigenvalue weighted by Crippen LogP contribution is 2.42. The molecule has 4 nitrogen and oxygen atoms in total. The van der Waals surface area contributed by atoms with E-state index in [4.69, 9.17) is 4.74 Å². The fraction of sp³-hybridized carbons (Fsp3) is 0.348. The summed E-state index contributed by atoms with van der Waals surface area (Å²) >= 11 is 0. The molecule has 0 aromatic heterocycles. The maximum Gasteiger partial charge on any atom is 0.573 e. The number of aryl methyl sites for hydroxylation is 1. The highest BCUT2D eigenvalue weighted by atomic mass is 19.4. The molecule has 0 saturated heterocycles. The number of hydrogen-bond donors (Lipinski definition) is 1. The lowest BCUT2D eigenvalue weighted by molar-refractivity contribution is -0.274. The Kier molecular flexibility index (Phi) is 5.23. The van der Waals surface area contributed by atoms with Crippen molar-refractivity contribution in [3.63, 3.8) is 0 Å². The molecule has 0 amide bonds. The number of rotatable bonds is 3. The quantitative estimate of drug-likeness (QED) is 0.663. The third kappa shape index (κ3) is 4.07. The highest BCUT2D eigenvalue weighted by Gasteiger charge is 2.47. The molecule has 1 N–H and O–H groups in total. The number of ether oxygens (including phenoxy) is 2. The first-order valence-electron chi connectivity index (χ1n) is 9.38. The number of alkyl halides is 3. The second-order valence-electron chi connectivity index (χ2n) is 8.25. The zero-order valence-corrected chi connectivity index (χ0v) is 17.3. The molecule has 0 atom stereocenters. The monoisotopic (exact) mass is 420 g/mol. The fourth-order valence-electron chi connectivity index (χ4n) is 3.67. The predicted molar refractivity (Wildman–Crippen MR) is 107 cm³/mol. The van der Waals surface area contributed by atoms with Gasteiger partial charge in [-0.2, -0.15) is 0 Å². The van der Waals surface area contributed by atoms with Crippen LogP contribution in [0.2, 0.25) is 0 Å². The highest BCUT2D eigenvalue weighted by molar-refractivity contribution is 6.26. The Hall–Kier alpha value is -2.80. The van der Waals surface area contributed by atoms with Crippen molar-refractivity contribution in [3.05, 3.63) is 59.4 Å². The van der Waals surface area contributed by atoms with Crippen LogP contribution in [0.4, 0.5) is 13.2 Å². The smallest absolute Gasteiger partial charge is 0.508 e. The summed E-state index contributed by atoms with van der Waals surface area (Å²) in [5.41, 5.74) is -0.417. The molecule has 1 aliphatic rings. The summed E-state index contributed by atoms with van der Waals surface area (Å²) in [5, 5.41) is 10.8. The number of carbonyl (C=O) groups excluding carboxylic acids is 1. The average Bonchev–Trinajstić information content (AvgIpc) is 2.60. The van der Waals surface area contributed by atoms with E-state index in [2.05, 4.69) is 4.74 Å². The Morgan fingerprint density at radius 2 is 1.60 bits per heavy atom. The fourth-order valence-corrected chi connectivity index (χ4v) is 3.67. The summed E-state index contributed by atoms with van der Waals surface area (Å²) in [4.78, 5) is 13.1. The average molecular weight is 420 g/mol.